The van der Waals surface area contributed by atoms with E-state index in [2.05, 4.69) is 13.2 Å². The lowest BCUT2D eigenvalue weighted by Crippen LogP contribution is -2.39. The molecular weight excluding hydrogens is 240 g/mol. The van der Waals surface area contributed by atoms with Crippen LogP contribution in [-0.2, 0) is 9.53 Å². The number of rotatable bonds is 0. The molecule has 2 bridgehead atoms. The van der Waals surface area contributed by atoms with E-state index in [4.69, 9.17) is 4.74 Å². The quantitative estimate of drug-likeness (QED) is 0.671. The smallest absolute Gasteiger partial charge is 0.159 e. The summed E-state index contributed by atoms with van der Waals surface area (Å²) in [6.07, 6.45) is 3.95. The van der Waals surface area contributed by atoms with E-state index < -0.39 is 6.10 Å². The van der Waals surface area contributed by atoms with Gasteiger partial charge in [0.15, 0.2) is 5.78 Å². The number of ketones is 1. The van der Waals surface area contributed by atoms with Crippen LogP contribution in [-0.4, -0.2) is 29.2 Å². The Morgan fingerprint density at radius 1 is 1.16 bits per heavy atom. The lowest BCUT2D eigenvalue weighted by atomic mass is 9.65. The number of fused-ring (bicyclic) bond motifs is 5. The second-order valence-electron chi connectivity index (χ2n) is 5.93. The first kappa shape index (κ1) is 11.4. The molecule has 0 radical (unpaired) electrons. The van der Waals surface area contributed by atoms with Gasteiger partial charge < -0.3 is 9.84 Å². The SMILES string of the molecule is C=C1C(=C)C2OC1C1=C2CC2C(O)C=CC(=O)C2C1. The number of hydrogen-bond donors (Lipinski definition) is 1. The van der Waals surface area contributed by atoms with Crippen LogP contribution in [0.25, 0.3) is 0 Å². The number of allylic oxidation sites excluding steroid dienone is 1. The van der Waals surface area contributed by atoms with E-state index >= 15 is 0 Å². The molecule has 1 fully saturated rings. The molecule has 0 aromatic heterocycles. The standard InChI is InChI=1S/C16H16O3/c1-7-8(2)16-12-6-10-9(5-11(12)15(7)19-16)13(17)3-4-14(10)18/h3-4,9-10,13,15-17H,1-2,5-6H2. The third-order valence-electron chi connectivity index (χ3n) is 5.04. The molecule has 1 saturated heterocycles. The Balaban J connectivity index is 1.75. The van der Waals surface area contributed by atoms with Crippen molar-refractivity contribution in [2.45, 2.75) is 31.2 Å². The number of ether oxygens (including phenoxy) is 1. The molecule has 0 saturated carbocycles. The zero-order valence-electron chi connectivity index (χ0n) is 10.6. The highest BCUT2D eigenvalue weighted by Gasteiger charge is 2.51. The average molecular weight is 256 g/mol. The maximum Gasteiger partial charge on any atom is 0.159 e. The topological polar surface area (TPSA) is 46.5 Å². The molecule has 4 aliphatic rings. The van der Waals surface area contributed by atoms with Crippen molar-refractivity contribution in [3.63, 3.8) is 0 Å². The summed E-state index contributed by atoms with van der Waals surface area (Å²) in [6, 6.07) is 0. The van der Waals surface area contributed by atoms with Gasteiger partial charge in [0.05, 0.1) is 6.10 Å². The normalized spacial score (nSPS) is 43.8. The fourth-order valence-corrected chi connectivity index (χ4v) is 3.95. The number of carbonyl (C=O) groups is 1. The maximum absolute atomic E-state index is 12.0. The van der Waals surface area contributed by atoms with Gasteiger partial charge in [-0.15, -0.1) is 0 Å². The number of aliphatic hydroxyl groups is 1. The summed E-state index contributed by atoms with van der Waals surface area (Å²) in [5.41, 5.74) is 4.39. The highest BCUT2D eigenvalue weighted by atomic mass is 16.5. The molecule has 0 amide bonds. The van der Waals surface area contributed by atoms with Gasteiger partial charge in [0.25, 0.3) is 0 Å². The van der Waals surface area contributed by atoms with Gasteiger partial charge in [-0.25, -0.2) is 0 Å². The molecule has 3 nitrogen and oxygen atoms in total. The molecule has 3 heteroatoms. The van der Waals surface area contributed by atoms with Gasteiger partial charge in [-0.05, 0) is 41.2 Å². The second kappa shape index (κ2) is 3.56. The van der Waals surface area contributed by atoms with E-state index in [1.54, 1.807) is 6.08 Å². The average Bonchev–Trinajstić information content (AvgIpc) is 2.91. The summed E-state index contributed by atoms with van der Waals surface area (Å²) in [5.74, 6) is 0.0390. The van der Waals surface area contributed by atoms with Gasteiger partial charge in [0.1, 0.15) is 12.2 Å². The molecule has 19 heavy (non-hydrogen) atoms. The highest BCUT2D eigenvalue weighted by Crippen LogP contribution is 2.53. The van der Waals surface area contributed by atoms with Crippen LogP contribution >= 0.6 is 0 Å². The van der Waals surface area contributed by atoms with E-state index in [-0.39, 0.29) is 29.8 Å². The van der Waals surface area contributed by atoms with Crippen molar-refractivity contribution in [2.24, 2.45) is 11.8 Å². The Morgan fingerprint density at radius 2 is 1.79 bits per heavy atom. The van der Waals surface area contributed by atoms with Crippen molar-refractivity contribution in [3.8, 4) is 0 Å². The van der Waals surface area contributed by atoms with Crippen molar-refractivity contribution in [1.82, 2.24) is 0 Å². The molecule has 2 aliphatic heterocycles. The zero-order valence-corrected chi connectivity index (χ0v) is 10.6. The Labute approximate surface area is 112 Å². The zero-order chi connectivity index (χ0) is 13.3. The monoisotopic (exact) mass is 256 g/mol. The summed E-state index contributed by atoms with van der Waals surface area (Å²) < 4.78 is 5.93. The van der Waals surface area contributed by atoms with Crippen LogP contribution in [0.1, 0.15) is 12.8 Å². The Bertz CT molecular complexity index is 581. The van der Waals surface area contributed by atoms with E-state index in [1.807, 2.05) is 0 Å². The molecule has 5 atom stereocenters. The summed E-state index contributed by atoms with van der Waals surface area (Å²) in [4.78, 5) is 12.0. The third-order valence-corrected chi connectivity index (χ3v) is 5.04. The van der Waals surface area contributed by atoms with Crippen LogP contribution in [0.2, 0.25) is 0 Å². The van der Waals surface area contributed by atoms with Crippen molar-refractivity contribution < 1.29 is 14.6 Å². The number of carbonyl (C=O) groups excluding carboxylic acids is 1. The predicted molar refractivity (Wildman–Crippen MR) is 70.3 cm³/mol. The number of hydrogen-bond acceptors (Lipinski definition) is 3. The van der Waals surface area contributed by atoms with E-state index in [1.165, 1.54) is 17.2 Å². The largest absolute Gasteiger partial charge is 0.389 e. The van der Waals surface area contributed by atoms with Crippen LogP contribution in [0.5, 0.6) is 0 Å². The van der Waals surface area contributed by atoms with Crippen molar-refractivity contribution in [3.05, 3.63) is 47.6 Å². The van der Waals surface area contributed by atoms with Crippen molar-refractivity contribution >= 4 is 5.78 Å². The van der Waals surface area contributed by atoms with E-state index in [0.717, 1.165) is 17.6 Å². The summed E-state index contributed by atoms with van der Waals surface area (Å²) in [6.45, 7) is 8.08. The van der Waals surface area contributed by atoms with Crippen LogP contribution in [0, 0.1) is 11.8 Å². The first-order valence-corrected chi connectivity index (χ1v) is 6.73. The van der Waals surface area contributed by atoms with Gasteiger partial charge in [0, 0.05) is 11.8 Å². The fraction of sp³-hybridized carbons (Fsp3) is 0.438. The molecule has 0 aromatic rings. The predicted octanol–water partition coefficient (Wildman–Crippen LogP) is 1.70. The minimum Gasteiger partial charge on any atom is -0.389 e. The molecule has 1 N–H and O–H groups in total. The Hall–Kier alpha value is -1.45. The van der Waals surface area contributed by atoms with E-state index in [9.17, 15) is 9.90 Å². The lowest BCUT2D eigenvalue weighted by Gasteiger charge is -2.38. The minimum absolute atomic E-state index is 0.000246. The van der Waals surface area contributed by atoms with Gasteiger partial charge in [-0.3, -0.25) is 4.79 Å². The molecule has 0 spiro atoms. The Kier molecular flexibility index (Phi) is 2.13. The summed E-state index contributed by atoms with van der Waals surface area (Å²) >= 11 is 0. The summed E-state index contributed by atoms with van der Waals surface area (Å²) in [7, 11) is 0. The molecule has 98 valence electrons. The molecule has 2 heterocycles. The molecule has 0 aromatic carbocycles. The van der Waals surface area contributed by atoms with Gasteiger partial charge >= 0.3 is 0 Å². The third kappa shape index (κ3) is 1.32. The first-order chi connectivity index (χ1) is 9.08. The maximum atomic E-state index is 12.0. The Morgan fingerprint density at radius 3 is 2.47 bits per heavy atom. The van der Waals surface area contributed by atoms with Crippen LogP contribution in [0.3, 0.4) is 0 Å². The molecule has 2 aliphatic carbocycles. The fourth-order valence-electron chi connectivity index (χ4n) is 3.95. The minimum atomic E-state index is -0.521. The molecule has 4 rings (SSSR count). The van der Waals surface area contributed by atoms with E-state index in [0.29, 0.717) is 6.42 Å². The lowest BCUT2D eigenvalue weighted by molar-refractivity contribution is -0.122. The van der Waals surface area contributed by atoms with Crippen LogP contribution < -0.4 is 0 Å². The van der Waals surface area contributed by atoms with Gasteiger partial charge in [-0.2, -0.15) is 0 Å². The summed E-state index contributed by atoms with van der Waals surface area (Å²) in [5, 5.41) is 10.1. The number of aliphatic hydroxyl groups excluding tert-OH is 1. The van der Waals surface area contributed by atoms with Crippen molar-refractivity contribution in [2.75, 3.05) is 0 Å². The molecule has 5 unspecified atom stereocenters. The second-order valence-corrected chi connectivity index (χ2v) is 5.93. The van der Waals surface area contributed by atoms with Crippen molar-refractivity contribution in [1.29, 1.82) is 0 Å². The molecular formula is C16H16O3. The van der Waals surface area contributed by atoms with Gasteiger partial charge in [0.2, 0.25) is 0 Å². The first-order valence-electron chi connectivity index (χ1n) is 6.73. The van der Waals surface area contributed by atoms with Gasteiger partial charge in [-0.1, -0.05) is 19.2 Å². The van der Waals surface area contributed by atoms with Crippen LogP contribution in [0.4, 0.5) is 0 Å². The van der Waals surface area contributed by atoms with Crippen LogP contribution in [0.15, 0.2) is 47.6 Å². The highest BCUT2D eigenvalue weighted by molar-refractivity contribution is 5.93.